The van der Waals surface area contributed by atoms with E-state index in [2.05, 4.69) is 38.2 Å². The van der Waals surface area contributed by atoms with Gasteiger partial charge in [-0.3, -0.25) is 4.90 Å². The van der Waals surface area contributed by atoms with Gasteiger partial charge in [0.1, 0.15) is 17.4 Å². The van der Waals surface area contributed by atoms with E-state index >= 15 is 0 Å². The number of benzene rings is 1. The number of hydrogen-bond acceptors (Lipinski definition) is 7. The lowest BCUT2D eigenvalue weighted by molar-refractivity contribution is 0.132. The third kappa shape index (κ3) is 5.61. The molecule has 8 nitrogen and oxygen atoms in total. The van der Waals surface area contributed by atoms with E-state index in [9.17, 15) is 0 Å². The van der Waals surface area contributed by atoms with Gasteiger partial charge in [0, 0.05) is 56.6 Å². The van der Waals surface area contributed by atoms with Crippen molar-refractivity contribution in [1.29, 1.82) is 0 Å². The summed E-state index contributed by atoms with van der Waals surface area (Å²) in [6, 6.07) is 16.1. The fourth-order valence-electron chi connectivity index (χ4n) is 4.37. The molecule has 0 radical (unpaired) electrons. The molecule has 1 N–H and O–H groups in total. The molecule has 0 unspecified atom stereocenters. The van der Waals surface area contributed by atoms with Crippen molar-refractivity contribution < 1.29 is 4.74 Å². The summed E-state index contributed by atoms with van der Waals surface area (Å²) in [7, 11) is 0. The van der Waals surface area contributed by atoms with Gasteiger partial charge < -0.3 is 15.0 Å². The summed E-state index contributed by atoms with van der Waals surface area (Å²) in [5, 5.41) is 7.87. The molecule has 1 aliphatic rings. The smallest absolute Gasteiger partial charge is 0.157 e. The molecule has 0 aliphatic carbocycles. The molecule has 0 atom stereocenters. The van der Waals surface area contributed by atoms with Gasteiger partial charge in [0.15, 0.2) is 5.65 Å². The highest BCUT2D eigenvalue weighted by molar-refractivity contribution is 5.69. The SMILES string of the molecule is CCN1CCN(Cc2ccc(Nc3cc(-c4ccc(OC(C)C)cc4)nc4ccnn34)nc2)CC1. The molecule has 3 aromatic heterocycles. The van der Waals surface area contributed by atoms with Crippen LogP contribution in [0.15, 0.2) is 60.9 Å². The molecule has 4 aromatic rings. The molecule has 1 aliphatic heterocycles. The average Bonchev–Trinajstić information content (AvgIpc) is 3.35. The monoisotopic (exact) mass is 471 g/mol. The Hall–Kier alpha value is -3.49. The number of fused-ring (bicyclic) bond motifs is 1. The minimum absolute atomic E-state index is 0.142. The fourth-order valence-corrected chi connectivity index (χ4v) is 4.37. The van der Waals surface area contributed by atoms with Crippen LogP contribution in [0.1, 0.15) is 26.3 Å². The van der Waals surface area contributed by atoms with Crippen LogP contribution in [-0.4, -0.2) is 68.2 Å². The number of piperazine rings is 1. The number of hydrogen-bond donors (Lipinski definition) is 1. The van der Waals surface area contributed by atoms with Gasteiger partial charge in [-0.05, 0) is 56.3 Å². The maximum atomic E-state index is 5.77. The van der Waals surface area contributed by atoms with Crippen LogP contribution in [0.2, 0.25) is 0 Å². The molecular formula is C27H33N7O. The zero-order valence-corrected chi connectivity index (χ0v) is 20.7. The third-order valence-corrected chi connectivity index (χ3v) is 6.28. The number of pyridine rings is 1. The number of ether oxygens (including phenoxy) is 1. The van der Waals surface area contributed by atoms with E-state index in [1.165, 1.54) is 5.56 Å². The Balaban J connectivity index is 1.31. The predicted molar refractivity (Wildman–Crippen MR) is 139 cm³/mol. The topological polar surface area (TPSA) is 70.8 Å². The van der Waals surface area contributed by atoms with Gasteiger partial charge in [-0.1, -0.05) is 13.0 Å². The number of nitrogens with zero attached hydrogens (tertiary/aromatic N) is 6. The molecule has 5 rings (SSSR count). The number of likely N-dealkylation sites (N-methyl/N-ethyl adjacent to an activating group) is 1. The summed E-state index contributed by atoms with van der Waals surface area (Å²) in [5.74, 6) is 2.44. The van der Waals surface area contributed by atoms with E-state index in [0.29, 0.717) is 0 Å². The fraction of sp³-hybridized carbons (Fsp3) is 0.370. The Morgan fingerprint density at radius 1 is 0.971 bits per heavy atom. The molecule has 8 heteroatoms. The van der Waals surface area contributed by atoms with Gasteiger partial charge in [-0.2, -0.15) is 9.61 Å². The Labute approximate surface area is 206 Å². The summed E-state index contributed by atoms with van der Waals surface area (Å²) < 4.78 is 7.57. The van der Waals surface area contributed by atoms with Gasteiger partial charge in [0.2, 0.25) is 0 Å². The van der Waals surface area contributed by atoms with Gasteiger partial charge in [-0.15, -0.1) is 0 Å². The number of nitrogens with one attached hydrogen (secondary N) is 1. The van der Waals surface area contributed by atoms with Crippen LogP contribution in [-0.2, 0) is 6.54 Å². The van der Waals surface area contributed by atoms with E-state index in [0.717, 1.165) is 73.6 Å². The molecule has 0 amide bonds. The van der Waals surface area contributed by atoms with Gasteiger partial charge in [-0.25, -0.2) is 9.97 Å². The lowest BCUT2D eigenvalue weighted by Crippen LogP contribution is -2.45. The summed E-state index contributed by atoms with van der Waals surface area (Å²) in [6.45, 7) is 12.8. The van der Waals surface area contributed by atoms with Gasteiger partial charge >= 0.3 is 0 Å². The molecule has 4 heterocycles. The molecule has 1 fully saturated rings. The zero-order chi connectivity index (χ0) is 24.2. The van der Waals surface area contributed by atoms with Crippen molar-refractivity contribution in [3.63, 3.8) is 0 Å². The van der Waals surface area contributed by atoms with E-state index in [-0.39, 0.29) is 6.10 Å². The molecule has 35 heavy (non-hydrogen) atoms. The highest BCUT2D eigenvalue weighted by Crippen LogP contribution is 2.26. The highest BCUT2D eigenvalue weighted by atomic mass is 16.5. The van der Waals surface area contributed by atoms with Crippen molar-refractivity contribution in [3.05, 3.63) is 66.5 Å². The minimum Gasteiger partial charge on any atom is -0.491 e. The number of anilines is 2. The van der Waals surface area contributed by atoms with Gasteiger partial charge in [0.05, 0.1) is 18.0 Å². The average molecular weight is 472 g/mol. The van der Waals surface area contributed by atoms with Crippen LogP contribution >= 0.6 is 0 Å². The first-order valence-electron chi connectivity index (χ1n) is 12.4. The highest BCUT2D eigenvalue weighted by Gasteiger charge is 2.16. The van der Waals surface area contributed by atoms with Crippen LogP contribution in [0, 0.1) is 0 Å². The molecule has 0 saturated carbocycles. The van der Waals surface area contributed by atoms with Crippen molar-refractivity contribution in [2.45, 2.75) is 33.4 Å². The minimum atomic E-state index is 0.142. The summed E-state index contributed by atoms with van der Waals surface area (Å²) in [5.41, 5.74) is 3.87. The van der Waals surface area contributed by atoms with E-state index in [1.54, 1.807) is 10.7 Å². The normalized spacial score (nSPS) is 15.1. The summed E-state index contributed by atoms with van der Waals surface area (Å²) in [6.07, 6.45) is 3.86. The first-order chi connectivity index (χ1) is 17.1. The Kier molecular flexibility index (Phi) is 6.92. The van der Waals surface area contributed by atoms with E-state index in [1.807, 2.05) is 62.5 Å². The number of rotatable bonds is 8. The Morgan fingerprint density at radius 2 is 1.74 bits per heavy atom. The van der Waals surface area contributed by atoms with E-state index in [4.69, 9.17) is 9.72 Å². The third-order valence-electron chi connectivity index (χ3n) is 6.28. The summed E-state index contributed by atoms with van der Waals surface area (Å²) >= 11 is 0. The Bertz CT molecular complexity index is 1240. The second-order valence-corrected chi connectivity index (χ2v) is 9.21. The van der Waals surface area contributed by atoms with Crippen LogP contribution in [0.4, 0.5) is 11.6 Å². The molecule has 1 aromatic carbocycles. The number of aromatic nitrogens is 4. The van der Waals surface area contributed by atoms with Crippen molar-refractivity contribution in [1.82, 2.24) is 29.4 Å². The standard InChI is InChI=1S/C27H33N7O/c1-4-32-13-15-33(16-14-32)19-21-5-10-25(28-18-21)31-27-17-24(30-26-11-12-29-34(26)27)22-6-8-23(9-7-22)35-20(2)3/h5-12,17-18,20H,4,13-16,19H2,1-3H3,(H,28,31). The molecule has 1 saturated heterocycles. The van der Waals surface area contributed by atoms with Crippen molar-refractivity contribution >= 4 is 17.3 Å². The molecule has 0 bridgehead atoms. The molecule has 0 spiro atoms. The van der Waals surface area contributed by atoms with Crippen LogP contribution in [0.3, 0.4) is 0 Å². The maximum absolute atomic E-state index is 5.77. The maximum Gasteiger partial charge on any atom is 0.157 e. The molecular weight excluding hydrogens is 438 g/mol. The Morgan fingerprint density at radius 3 is 2.43 bits per heavy atom. The van der Waals surface area contributed by atoms with Crippen LogP contribution in [0.5, 0.6) is 5.75 Å². The van der Waals surface area contributed by atoms with Crippen molar-refractivity contribution in [2.75, 3.05) is 38.0 Å². The van der Waals surface area contributed by atoms with Gasteiger partial charge in [0.25, 0.3) is 0 Å². The first kappa shape index (κ1) is 23.3. The van der Waals surface area contributed by atoms with E-state index < -0.39 is 0 Å². The summed E-state index contributed by atoms with van der Waals surface area (Å²) in [4.78, 5) is 14.4. The second-order valence-electron chi connectivity index (χ2n) is 9.21. The van der Waals surface area contributed by atoms with Crippen molar-refractivity contribution in [3.8, 4) is 17.0 Å². The lowest BCUT2D eigenvalue weighted by Gasteiger charge is -2.33. The quantitative estimate of drug-likeness (QED) is 0.407. The zero-order valence-electron chi connectivity index (χ0n) is 20.7. The lowest BCUT2D eigenvalue weighted by atomic mass is 10.1. The molecule has 182 valence electrons. The van der Waals surface area contributed by atoms with Crippen LogP contribution < -0.4 is 10.1 Å². The second kappa shape index (κ2) is 10.4. The van der Waals surface area contributed by atoms with Crippen LogP contribution in [0.25, 0.3) is 16.9 Å². The largest absolute Gasteiger partial charge is 0.491 e. The first-order valence-corrected chi connectivity index (χ1v) is 12.4. The van der Waals surface area contributed by atoms with Crippen molar-refractivity contribution in [2.24, 2.45) is 0 Å². The predicted octanol–water partition coefficient (Wildman–Crippen LogP) is 4.46.